The highest BCUT2D eigenvalue weighted by atomic mass is 32.2. The summed E-state index contributed by atoms with van der Waals surface area (Å²) >= 11 is 4.56. The van der Waals surface area contributed by atoms with Crippen molar-refractivity contribution in [1.29, 1.82) is 0 Å². The molecule has 3 rings (SSSR count). The van der Waals surface area contributed by atoms with Crippen LogP contribution in [0.25, 0.3) is 10.2 Å². The van der Waals surface area contributed by atoms with Crippen LogP contribution >= 0.6 is 34.9 Å². The van der Waals surface area contributed by atoms with E-state index in [1.807, 2.05) is 43.5 Å². The van der Waals surface area contributed by atoms with Crippen molar-refractivity contribution in [2.24, 2.45) is 11.7 Å². The maximum absolute atomic E-state index is 12.3. The number of carbonyl (C=O) groups excluding carboxylic acids is 2. The first-order chi connectivity index (χ1) is 13.9. The number of urea groups is 1. The minimum Gasteiger partial charge on any atom is -0.351 e. The third-order valence-electron chi connectivity index (χ3n) is 4.05. The molecule has 0 unspecified atom stereocenters. The van der Waals surface area contributed by atoms with Gasteiger partial charge in [-0.25, -0.2) is 9.78 Å². The predicted molar refractivity (Wildman–Crippen MR) is 117 cm³/mol. The fourth-order valence-electron chi connectivity index (χ4n) is 2.67. The van der Waals surface area contributed by atoms with E-state index in [-0.39, 0.29) is 5.92 Å². The zero-order valence-corrected chi connectivity index (χ0v) is 18.7. The van der Waals surface area contributed by atoms with Crippen LogP contribution < -0.4 is 11.1 Å². The number of nitrogens with zero attached hydrogens (tertiary/aromatic N) is 4. The number of carbonyl (C=O) groups is 2. The van der Waals surface area contributed by atoms with Crippen molar-refractivity contribution < 1.29 is 9.59 Å². The molecule has 0 aliphatic rings. The number of amides is 3. The predicted octanol–water partition coefficient (Wildman–Crippen LogP) is 3.51. The summed E-state index contributed by atoms with van der Waals surface area (Å²) in [7, 11) is 0. The third kappa shape index (κ3) is 5.28. The molecule has 0 saturated heterocycles. The van der Waals surface area contributed by atoms with Crippen LogP contribution in [0.1, 0.15) is 26.6 Å². The molecule has 8 nitrogen and oxygen atoms in total. The second kappa shape index (κ2) is 9.59. The summed E-state index contributed by atoms with van der Waals surface area (Å²) in [4.78, 5) is 28.0. The Balaban J connectivity index is 1.73. The quantitative estimate of drug-likeness (QED) is 0.505. The Bertz CT molecular complexity index is 983. The Kier molecular flexibility index (Phi) is 7.14. The molecule has 3 amide bonds. The Labute approximate surface area is 181 Å². The van der Waals surface area contributed by atoms with E-state index < -0.39 is 17.2 Å². The number of benzene rings is 1. The molecule has 1 atom stereocenters. The van der Waals surface area contributed by atoms with Gasteiger partial charge in [-0.1, -0.05) is 49.5 Å². The zero-order valence-electron chi connectivity index (χ0n) is 16.3. The first-order valence-corrected chi connectivity index (χ1v) is 11.7. The van der Waals surface area contributed by atoms with Gasteiger partial charge in [-0.05, 0) is 25.0 Å². The van der Waals surface area contributed by atoms with Crippen LogP contribution in [0, 0.1) is 5.92 Å². The van der Waals surface area contributed by atoms with Crippen molar-refractivity contribution in [3.8, 4) is 0 Å². The van der Waals surface area contributed by atoms with Gasteiger partial charge >= 0.3 is 6.03 Å². The Morgan fingerprint density at radius 2 is 2.03 bits per heavy atom. The molecule has 3 N–H and O–H groups in total. The van der Waals surface area contributed by atoms with Crippen molar-refractivity contribution in [3.63, 3.8) is 0 Å². The average molecular weight is 451 g/mol. The van der Waals surface area contributed by atoms with Crippen LogP contribution in [-0.2, 0) is 17.1 Å². The highest BCUT2D eigenvalue weighted by Gasteiger charge is 2.27. The molecule has 0 aliphatic carbocycles. The molecule has 0 saturated carbocycles. The van der Waals surface area contributed by atoms with Gasteiger partial charge in [-0.15, -0.1) is 21.5 Å². The number of para-hydroxylation sites is 1. The van der Waals surface area contributed by atoms with E-state index in [2.05, 4.69) is 26.6 Å². The number of thiazole rings is 1. The molecule has 1 aromatic carbocycles. The van der Waals surface area contributed by atoms with Crippen LogP contribution in [0.2, 0.25) is 0 Å². The number of primary amides is 1. The van der Waals surface area contributed by atoms with Gasteiger partial charge in [0, 0.05) is 6.54 Å². The molecular weight excluding hydrogens is 428 g/mol. The van der Waals surface area contributed by atoms with E-state index in [0.29, 0.717) is 17.5 Å². The zero-order chi connectivity index (χ0) is 21.0. The maximum atomic E-state index is 12.3. The molecule has 0 fully saturated rings. The second-order valence-electron chi connectivity index (χ2n) is 6.52. The van der Waals surface area contributed by atoms with Crippen molar-refractivity contribution in [2.75, 3.05) is 0 Å². The molecule has 154 valence electrons. The smallest absolute Gasteiger partial charge is 0.318 e. The van der Waals surface area contributed by atoms with Gasteiger partial charge in [0.05, 0.1) is 21.2 Å². The largest absolute Gasteiger partial charge is 0.351 e. The standard InChI is InChI=1S/C18H22N6O2S3/c1-4-24-13(9-27-18-20-11-7-5-6-8-12(11)28-18)22-23-17(24)29-14(10(2)3)15(25)21-16(19)26/h5-8,10,14H,4,9H2,1-3H3,(H3,19,21,25,26)/t14-/m1/s1. The van der Waals surface area contributed by atoms with Crippen LogP contribution in [0.15, 0.2) is 33.8 Å². The number of hydrogen-bond acceptors (Lipinski definition) is 8. The molecular formula is C18H22N6O2S3. The molecule has 3 aromatic rings. The number of rotatable bonds is 8. The number of nitrogens with one attached hydrogen (secondary N) is 1. The van der Waals surface area contributed by atoms with Gasteiger partial charge in [-0.3, -0.25) is 10.1 Å². The van der Waals surface area contributed by atoms with Crippen LogP contribution in [-0.4, -0.2) is 36.9 Å². The van der Waals surface area contributed by atoms with E-state index >= 15 is 0 Å². The highest BCUT2D eigenvalue weighted by molar-refractivity contribution is 8.00. The number of aromatic nitrogens is 4. The number of hydrogen-bond donors (Lipinski definition) is 2. The first-order valence-electron chi connectivity index (χ1n) is 9.06. The fourth-order valence-corrected chi connectivity index (χ4v) is 5.79. The van der Waals surface area contributed by atoms with Crippen LogP contribution in [0.4, 0.5) is 4.79 Å². The molecule has 0 spiro atoms. The van der Waals surface area contributed by atoms with E-state index in [0.717, 1.165) is 20.4 Å². The summed E-state index contributed by atoms with van der Waals surface area (Å²) < 4.78 is 4.12. The van der Waals surface area contributed by atoms with E-state index in [9.17, 15) is 9.59 Å². The number of imide groups is 1. The van der Waals surface area contributed by atoms with Gasteiger partial charge in [0.15, 0.2) is 9.50 Å². The van der Waals surface area contributed by atoms with Crippen molar-refractivity contribution in [2.45, 2.75) is 47.8 Å². The first kappa shape index (κ1) is 21.6. The van der Waals surface area contributed by atoms with Gasteiger partial charge < -0.3 is 10.3 Å². The third-order valence-corrected chi connectivity index (χ3v) is 7.75. The number of fused-ring (bicyclic) bond motifs is 1. The van der Waals surface area contributed by atoms with Crippen molar-refractivity contribution in [1.82, 2.24) is 25.1 Å². The molecule has 0 aliphatic heterocycles. The Morgan fingerprint density at radius 1 is 1.28 bits per heavy atom. The summed E-state index contributed by atoms with van der Waals surface area (Å²) in [5.41, 5.74) is 6.08. The molecule has 0 bridgehead atoms. The average Bonchev–Trinajstić information content (AvgIpc) is 3.26. The fraction of sp³-hybridized carbons (Fsp3) is 0.389. The number of thioether (sulfide) groups is 2. The highest BCUT2D eigenvalue weighted by Crippen LogP contribution is 2.33. The van der Waals surface area contributed by atoms with Gasteiger partial charge in [0.25, 0.3) is 0 Å². The summed E-state index contributed by atoms with van der Waals surface area (Å²) in [6.07, 6.45) is 0. The molecule has 29 heavy (non-hydrogen) atoms. The number of nitrogens with two attached hydrogens (primary N) is 1. The van der Waals surface area contributed by atoms with Crippen molar-refractivity contribution >= 4 is 57.0 Å². The lowest BCUT2D eigenvalue weighted by atomic mass is 10.1. The van der Waals surface area contributed by atoms with E-state index in [1.54, 1.807) is 23.1 Å². The summed E-state index contributed by atoms with van der Waals surface area (Å²) in [6, 6.07) is 7.19. The lowest BCUT2D eigenvalue weighted by Crippen LogP contribution is -2.42. The molecule has 0 radical (unpaired) electrons. The normalized spacial score (nSPS) is 12.4. The van der Waals surface area contributed by atoms with Crippen LogP contribution in [0.3, 0.4) is 0 Å². The van der Waals surface area contributed by atoms with E-state index in [1.165, 1.54) is 11.8 Å². The summed E-state index contributed by atoms with van der Waals surface area (Å²) in [5.74, 6) is 1.01. The minimum atomic E-state index is -0.855. The molecule has 2 aromatic heterocycles. The van der Waals surface area contributed by atoms with Crippen LogP contribution in [0.5, 0.6) is 0 Å². The lowest BCUT2D eigenvalue weighted by molar-refractivity contribution is -0.120. The summed E-state index contributed by atoms with van der Waals surface area (Å²) in [6.45, 7) is 6.50. The van der Waals surface area contributed by atoms with Crippen molar-refractivity contribution in [3.05, 3.63) is 30.1 Å². The Morgan fingerprint density at radius 3 is 2.69 bits per heavy atom. The van der Waals surface area contributed by atoms with Gasteiger partial charge in [0.1, 0.15) is 5.82 Å². The van der Waals surface area contributed by atoms with E-state index in [4.69, 9.17) is 5.73 Å². The van der Waals surface area contributed by atoms with Gasteiger partial charge in [-0.2, -0.15) is 0 Å². The summed E-state index contributed by atoms with van der Waals surface area (Å²) in [5, 5.41) is 10.9. The molecule has 11 heteroatoms. The maximum Gasteiger partial charge on any atom is 0.318 e. The molecule has 2 heterocycles. The monoisotopic (exact) mass is 450 g/mol. The Hall–Kier alpha value is -2.11. The second-order valence-corrected chi connectivity index (χ2v) is 9.88. The lowest BCUT2D eigenvalue weighted by Gasteiger charge is -2.18. The topological polar surface area (TPSA) is 116 Å². The van der Waals surface area contributed by atoms with Gasteiger partial charge in [0.2, 0.25) is 5.91 Å². The SMILES string of the molecule is CCn1c(CSc2nc3ccccc3s2)nnc1S[C@@H](C(=O)NC(N)=O)C(C)C. The minimum absolute atomic E-state index is 0.0121.